The van der Waals surface area contributed by atoms with Crippen LogP contribution in [0, 0.1) is 18.8 Å². The van der Waals surface area contributed by atoms with Crippen molar-refractivity contribution in [2.45, 2.75) is 103 Å². The Bertz CT molecular complexity index is 2570. The van der Waals surface area contributed by atoms with E-state index in [1.54, 1.807) is 37.3 Å². The quantitative estimate of drug-likeness (QED) is 0.112. The van der Waals surface area contributed by atoms with Gasteiger partial charge in [-0.3, -0.25) is 19.2 Å². The second-order valence-electron chi connectivity index (χ2n) is 16.7. The van der Waals surface area contributed by atoms with Crippen molar-refractivity contribution in [3.8, 4) is 28.7 Å². The lowest BCUT2D eigenvalue weighted by molar-refractivity contribution is -0.161. The fraction of sp³-hybridized carbons (Fsp3) is 0.457. The standard InChI is InChI=1S/C46H51N3O13/c1-21-9-8-10-22(2)45(55)49-36-39(53)33-32(35-43(36)60-30-20-28(11-12-29(30)48-35)59-26-13-16-47-17-14-26)34-41(23(3)37(33)51)62-46(6,44(34)54)57-18-15-27(56-7)19-31(58-25(5)50)42-38(52)24(4)40(21)61-42/h8-12,15,18,20-21,24,26-27,31,38,40,42,47,51-52H,13-14,16-17,19H2,1-7H3,(H,49,55)/b9-8+,18-15+,22-10-/t21-,24-,27-,31+,38+,40-,42-,46-/m0/s1. The number of aromatic nitrogens is 1. The number of piperidine rings is 1. The molecule has 2 saturated heterocycles. The number of fused-ring (bicyclic) bond motifs is 9. The molecule has 8 atom stereocenters. The highest BCUT2D eigenvalue weighted by molar-refractivity contribution is 6.22. The number of aliphatic hydroxyl groups is 1. The van der Waals surface area contributed by atoms with E-state index in [9.17, 15) is 29.4 Å². The number of methoxy groups -OCH3 is 1. The molecule has 6 aliphatic heterocycles. The van der Waals surface area contributed by atoms with Gasteiger partial charge in [0.2, 0.25) is 5.43 Å². The first-order valence-corrected chi connectivity index (χ1v) is 20.9. The van der Waals surface area contributed by atoms with E-state index in [4.69, 9.17) is 37.8 Å². The number of allylic oxidation sites excluding steroid dienone is 2. The van der Waals surface area contributed by atoms with Crippen molar-refractivity contribution in [3.63, 3.8) is 0 Å². The molecule has 7 aliphatic rings. The number of hydrogen-bond donors (Lipinski definition) is 4. The maximum absolute atomic E-state index is 14.7. The molecule has 6 heterocycles. The summed E-state index contributed by atoms with van der Waals surface area (Å²) in [5, 5.41) is 28.9. The van der Waals surface area contributed by atoms with Gasteiger partial charge in [0.25, 0.3) is 11.7 Å². The molecule has 1 amide bonds. The largest absolute Gasteiger partial charge is 0.507 e. The number of Topliss-reactive ketones (excluding diaryl/α,β-unsaturated/α-hetero) is 1. The van der Waals surface area contributed by atoms with Crippen LogP contribution in [0.3, 0.4) is 0 Å². The second-order valence-corrected chi connectivity index (χ2v) is 16.7. The Kier molecular flexibility index (Phi) is 11.6. The lowest BCUT2D eigenvalue weighted by Gasteiger charge is -2.28. The number of nitrogens with one attached hydrogen (secondary N) is 2. The molecule has 16 nitrogen and oxygen atoms in total. The normalized spacial score (nSPS) is 30.3. The van der Waals surface area contributed by atoms with Crippen LogP contribution in [0.15, 0.2) is 63.6 Å². The molecule has 0 radical (unpaired) electrons. The first-order valence-electron chi connectivity index (χ1n) is 20.9. The summed E-state index contributed by atoms with van der Waals surface area (Å²) < 4.78 is 42.8. The lowest BCUT2D eigenvalue weighted by Crippen LogP contribution is -2.41. The van der Waals surface area contributed by atoms with Crippen LogP contribution in [0.4, 0.5) is 5.69 Å². The Morgan fingerprint density at radius 3 is 2.53 bits per heavy atom. The summed E-state index contributed by atoms with van der Waals surface area (Å²) in [5.41, 5.74) is -0.315. The number of nitrogens with zero attached hydrogens (tertiary/aromatic N) is 1. The monoisotopic (exact) mass is 853 g/mol. The number of phenolic OH excluding ortho intramolecular Hbond substituents is 1. The Labute approximate surface area is 357 Å². The lowest BCUT2D eigenvalue weighted by atomic mass is 9.88. The predicted molar refractivity (Wildman–Crippen MR) is 226 cm³/mol. The summed E-state index contributed by atoms with van der Waals surface area (Å²) in [5.74, 6) is -4.72. The van der Waals surface area contributed by atoms with Gasteiger partial charge < -0.3 is 53.7 Å². The average molecular weight is 854 g/mol. The highest BCUT2D eigenvalue weighted by Crippen LogP contribution is 2.50. The number of hydrogen-bond acceptors (Lipinski definition) is 15. The molecule has 7 bridgehead atoms. The van der Waals surface area contributed by atoms with Crippen molar-refractivity contribution in [1.29, 1.82) is 0 Å². The highest BCUT2D eigenvalue weighted by atomic mass is 16.7. The maximum atomic E-state index is 14.7. The zero-order chi connectivity index (χ0) is 44.2. The Morgan fingerprint density at radius 1 is 1.05 bits per heavy atom. The van der Waals surface area contributed by atoms with Crippen molar-refractivity contribution in [3.05, 3.63) is 75.7 Å². The minimum Gasteiger partial charge on any atom is -0.507 e. The number of phenols is 1. The number of ketones is 1. The van der Waals surface area contributed by atoms with Crippen LogP contribution in [0.25, 0.3) is 33.3 Å². The number of aromatic hydroxyl groups is 1. The first-order chi connectivity index (χ1) is 29.6. The molecule has 328 valence electrons. The van der Waals surface area contributed by atoms with Gasteiger partial charge in [-0.05, 0) is 58.0 Å². The topological polar surface area (TPSA) is 214 Å². The summed E-state index contributed by atoms with van der Waals surface area (Å²) in [4.78, 5) is 60.6. The molecule has 62 heavy (non-hydrogen) atoms. The number of anilines is 1. The molecular formula is C46H51N3O13. The molecule has 0 aromatic heterocycles. The van der Waals surface area contributed by atoms with E-state index in [0.29, 0.717) is 11.3 Å². The zero-order valence-corrected chi connectivity index (χ0v) is 35.6. The van der Waals surface area contributed by atoms with Gasteiger partial charge in [-0.1, -0.05) is 32.1 Å². The van der Waals surface area contributed by atoms with Gasteiger partial charge in [0.1, 0.15) is 52.5 Å². The fourth-order valence-electron chi connectivity index (χ4n) is 8.81. The number of rotatable bonds is 4. The van der Waals surface area contributed by atoms with Gasteiger partial charge in [0, 0.05) is 61.8 Å². The molecule has 2 aromatic carbocycles. The molecule has 2 fully saturated rings. The summed E-state index contributed by atoms with van der Waals surface area (Å²) in [7, 11) is 1.45. The van der Waals surface area contributed by atoms with Crippen molar-refractivity contribution in [2.75, 3.05) is 25.5 Å². The van der Waals surface area contributed by atoms with Crippen molar-refractivity contribution in [1.82, 2.24) is 10.3 Å². The van der Waals surface area contributed by atoms with Gasteiger partial charge in [0.05, 0.1) is 35.5 Å². The summed E-state index contributed by atoms with van der Waals surface area (Å²) in [6, 6.07) is 5.12. The summed E-state index contributed by atoms with van der Waals surface area (Å²) >= 11 is 0. The number of aliphatic hydroxyl groups excluding tert-OH is 1. The number of ether oxygens (including phenoxy) is 6. The van der Waals surface area contributed by atoms with Crippen LogP contribution in [0.1, 0.15) is 69.8 Å². The first kappa shape index (κ1) is 42.9. The molecule has 0 spiro atoms. The molecule has 4 N–H and O–H groups in total. The maximum Gasteiger partial charge on any atom is 0.312 e. The van der Waals surface area contributed by atoms with Crippen LogP contribution in [-0.2, 0) is 28.5 Å². The van der Waals surface area contributed by atoms with E-state index >= 15 is 0 Å². The third-order valence-corrected chi connectivity index (χ3v) is 12.3. The molecular weight excluding hydrogens is 803 g/mol. The van der Waals surface area contributed by atoms with E-state index < -0.39 is 65.1 Å². The van der Waals surface area contributed by atoms with E-state index in [-0.39, 0.29) is 80.3 Å². The van der Waals surface area contributed by atoms with E-state index in [1.807, 2.05) is 19.9 Å². The molecule has 2 aromatic rings. The predicted octanol–water partition coefficient (Wildman–Crippen LogP) is 5.60. The van der Waals surface area contributed by atoms with Gasteiger partial charge in [-0.25, -0.2) is 4.98 Å². The zero-order valence-electron chi connectivity index (χ0n) is 35.6. The number of benzene rings is 3. The van der Waals surface area contributed by atoms with Crippen molar-refractivity contribution >= 4 is 45.2 Å². The van der Waals surface area contributed by atoms with E-state index in [1.165, 1.54) is 40.2 Å². The minimum absolute atomic E-state index is 0.00813. The molecule has 0 saturated carbocycles. The Morgan fingerprint density at radius 2 is 1.81 bits per heavy atom. The molecule has 16 heteroatoms. The van der Waals surface area contributed by atoms with Gasteiger partial charge >= 0.3 is 11.8 Å². The number of carbonyl (C=O) groups excluding carboxylic acids is 3. The Hall–Kier alpha value is -5.81. The highest BCUT2D eigenvalue weighted by Gasteiger charge is 2.51. The number of carbonyl (C=O) groups is 3. The third-order valence-electron chi connectivity index (χ3n) is 12.3. The van der Waals surface area contributed by atoms with Crippen LogP contribution in [0.5, 0.6) is 17.2 Å². The van der Waals surface area contributed by atoms with E-state index in [0.717, 1.165) is 25.9 Å². The SMILES string of the molecule is CO[C@H]1/C=C/O[C@@]2(C)Oc3c(C)c(O)c4c(=O)c(c5oc6cc(OC7CCNCC7)ccc6nc-5c4c3C2=O)NC(=O)/C(C)=C\C=C\[C@H](C)[C@@H]2O[C@H]([C@H](O)[C@@H]2C)[C@H](OC(C)=O)C1. The number of amides is 1. The van der Waals surface area contributed by atoms with Crippen molar-refractivity contribution < 1.29 is 57.4 Å². The van der Waals surface area contributed by atoms with Crippen molar-refractivity contribution in [2.24, 2.45) is 11.8 Å². The average Bonchev–Trinajstić information content (AvgIpc) is 3.69. The van der Waals surface area contributed by atoms with Crippen LogP contribution in [-0.4, -0.2) is 95.5 Å². The molecule has 1 aliphatic carbocycles. The van der Waals surface area contributed by atoms with Gasteiger partial charge in [-0.15, -0.1) is 0 Å². The number of esters is 1. The second kappa shape index (κ2) is 16.8. The summed E-state index contributed by atoms with van der Waals surface area (Å²) in [6.45, 7) is 11.1. The van der Waals surface area contributed by atoms with Gasteiger partial charge in [-0.2, -0.15) is 0 Å². The molecule has 0 unspecified atom stereocenters. The third kappa shape index (κ3) is 7.69. The Balaban J connectivity index is 1.30. The minimum atomic E-state index is -2.01. The van der Waals surface area contributed by atoms with Crippen LogP contribution >= 0.6 is 0 Å². The fourth-order valence-corrected chi connectivity index (χ4v) is 8.81. The van der Waals surface area contributed by atoms with E-state index in [2.05, 4.69) is 10.6 Å². The molecule has 9 rings (SSSR count). The summed E-state index contributed by atoms with van der Waals surface area (Å²) in [6.07, 6.45) is 5.39. The smallest absolute Gasteiger partial charge is 0.312 e. The van der Waals surface area contributed by atoms with Gasteiger partial charge in [0.15, 0.2) is 11.3 Å². The van der Waals surface area contributed by atoms with Crippen LogP contribution < -0.4 is 25.5 Å². The van der Waals surface area contributed by atoms with Crippen LogP contribution in [0.2, 0.25) is 0 Å².